The number of hydrogen-bond acceptors (Lipinski definition) is 5. The summed E-state index contributed by atoms with van der Waals surface area (Å²) in [6.07, 6.45) is 0. The van der Waals surface area contributed by atoms with E-state index in [1.807, 2.05) is 0 Å². The lowest BCUT2D eigenvalue weighted by atomic mass is 10.1. The maximum absolute atomic E-state index is 12.9. The normalized spacial score (nSPS) is 11.6. The van der Waals surface area contributed by atoms with E-state index in [0.29, 0.717) is 27.7 Å². The highest BCUT2D eigenvalue weighted by molar-refractivity contribution is 7.89. The molecule has 0 aliphatic carbocycles. The fraction of sp³-hybridized carbons (Fsp3) is 0.158. The Kier molecular flexibility index (Phi) is 5.55. The van der Waals surface area contributed by atoms with Crippen molar-refractivity contribution in [2.24, 2.45) is 0 Å². The molecule has 3 aromatic rings. The van der Waals surface area contributed by atoms with Gasteiger partial charge in [-0.05, 0) is 31.2 Å². The van der Waals surface area contributed by atoms with Crippen LogP contribution in [0.5, 0.6) is 0 Å². The first-order chi connectivity index (χ1) is 13.2. The minimum atomic E-state index is -3.62. The predicted octanol–water partition coefficient (Wildman–Crippen LogP) is 3.81. The molecular formula is C19H18ClN3O4S. The van der Waals surface area contributed by atoms with Crippen molar-refractivity contribution in [1.82, 2.24) is 9.46 Å². The second kappa shape index (κ2) is 7.75. The third kappa shape index (κ3) is 3.80. The molecule has 0 saturated heterocycles. The molecule has 9 heteroatoms. The highest BCUT2D eigenvalue weighted by Crippen LogP contribution is 2.31. The molecule has 0 fully saturated rings. The van der Waals surface area contributed by atoms with Crippen LogP contribution in [0.3, 0.4) is 0 Å². The van der Waals surface area contributed by atoms with Crippen molar-refractivity contribution in [3.05, 3.63) is 64.9 Å². The summed E-state index contributed by atoms with van der Waals surface area (Å²) >= 11 is 6.22. The fourth-order valence-electron chi connectivity index (χ4n) is 2.62. The van der Waals surface area contributed by atoms with Gasteiger partial charge in [0.15, 0.2) is 0 Å². The molecule has 0 spiro atoms. The number of nitrogens with zero attached hydrogens (tertiary/aromatic N) is 2. The van der Waals surface area contributed by atoms with Crippen LogP contribution in [0.4, 0.5) is 5.69 Å². The van der Waals surface area contributed by atoms with Crippen LogP contribution in [0, 0.1) is 6.92 Å². The van der Waals surface area contributed by atoms with Crippen LogP contribution in [0.25, 0.3) is 11.3 Å². The minimum Gasteiger partial charge on any atom is -0.360 e. The summed E-state index contributed by atoms with van der Waals surface area (Å²) in [7, 11) is -0.737. The van der Waals surface area contributed by atoms with Crippen LogP contribution in [0.15, 0.2) is 57.9 Å². The van der Waals surface area contributed by atoms with E-state index in [-0.39, 0.29) is 10.5 Å². The summed E-state index contributed by atoms with van der Waals surface area (Å²) in [5.41, 5.74) is 1.44. The fourth-order valence-corrected chi connectivity index (χ4v) is 3.79. The molecule has 0 aliphatic heterocycles. The molecule has 28 heavy (non-hydrogen) atoms. The molecular weight excluding hydrogens is 402 g/mol. The minimum absolute atomic E-state index is 0.0728. The molecule has 1 heterocycles. The first kappa shape index (κ1) is 20.1. The lowest BCUT2D eigenvalue weighted by Gasteiger charge is -2.13. The number of aryl methyl sites for hydroxylation is 1. The number of hydrogen-bond donors (Lipinski definition) is 1. The van der Waals surface area contributed by atoms with Gasteiger partial charge in [-0.3, -0.25) is 4.79 Å². The maximum atomic E-state index is 12.9. The summed E-state index contributed by atoms with van der Waals surface area (Å²) < 4.78 is 30.9. The van der Waals surface area contributed by atoms with Gasteiger partial charge in [0, 0.05) is 25.3 Å². The van der Waals surface area contributed by atoms with Crippen molar-refractivity contribution in [2.45, 2.75) is 11.8 Å². The number of benzene rings is 2. The quantitative estimate of drug-likeness (QED) is 0.678. The third-order valence-corrected chi connectivity index (χ3v) is 6.23. The highest BCUT2D eigenvalue weighted by Gasteiger charge is 2.24. The van der Waals surface area contributed by atoms with Gasteiger partial charge >= 0.3 is 0 Å². The smallest absolute Gasteiger partial charge is 0.261 e. The topological polar surface area (TPSA) is 92.5 Å². The largest absolute Gasteiger partial charge is 0.360 e. The number of amides is 1. The van der Waals surface area contributed by atoms with Gasteiger partial charge in [0.25, 0.3) is 5.91 Å². The number of nitrogens with one attached hydrogen (secondary N) is 1. The predicted molar refractivity (Wildman–Crippen MR) is 107 cm³/mol. The van der Waals surface area contributed by atoms with Gasteiger partial charge in [0.1, 0.15) is 17.0 Å². The average Bonchev–Trinajstić information content (AvgIpc) is 3.03. The second-order valence-corrected chi connectivity index (χ2v) is 8.77. The highest BCUT2D eigenvalue weighted by atomic mass is 35.5. The van der Waals surface area contributed by atoms with Gasteiger partial charge in [0.2, 0.25) is 10.0 Å². The Labute approximate surface area is 168 Å². The van der Waals surface area contributed by atoms with Crippen LogP contribution in [0.2, 0.25) is 5.02 Å². The summed E-state index contributed by atoms with van der Waals surface area (Å²) in [4.78, 5) is 13.0. The van der Waals surface area contributed by atoms with Crippen molar-refractivity contribution in [2.75, 3.05) is 19.4 Å². The van der Waals surface area contributed by atoms with E-state index < -0.39 is 15.9 Å². The number of anilines is 1. The lowest BCUT2D eigenvalue weighted by Crippen LogP contribution is -2.22. The van der Waals surface area contributed by atoms with E-state index in [1.54, 1.807) is 43.3 Å². The Balaban J connectivity index is 1.96. The van der Waals surface area contributed by atoms with E-state index in [0.717, 1.165) is 4.31 Å². The standard InChI is InChI=1S/C19H18ClN3O4S/c1-12-17(18(22-27-12)15-9-4-5-10-16(15)20)19(24)21-13-7-6-8-14(11-13)28(25,26)23(2)3/h4-11H,1-3H3,(H,21,24). The van der Waals surface area contributed by atoms with E-state index in [4.69, 9.17) is 16.1 Å². The molecule has 0 unspecified atom stereocenters. The number of halogens is 1. The van der Waals surface area contributed by atoms with Crippen LogP contribution in [0.1, 0.15) is 16.1 Å². The molecule has 1 amide bonds. The maximum Gasteiger partial charge on any atom is 0.261 e. The first-order valence-electron chi connectivity index (χ1n) is 8.27. The van der Waals surface area contributed by atoms with Crippen molar-refractivity contribution in [3.8, 4) is 11.3 Å². The van der Waals surface area contributed by atoms with Crippen molar-refractivity contribution in [3.63, 3.8) is 0 Å². The van der Waals surface area contributed by atoms with Crippen LogP contribution in [-0.4, -0.2) is 37.9 Å². The zero-order chi connectivity index (χ0) is 20.5. The van der Waals surface area contributed by atoms with Crippen LogP contribution >= 0.6 is 11.6 Å². The Bertz CT molecular complexity index is 1140. The Hall–Kier alpha value is -2.68. The lowest BCUT2D eigenvalue weighted by molar-refractivity contribution is 0.102. The van der Waals surface area contributed by atoms with Crippen molar-refractivity contribution >= 4 is 33.2 Å². The van der Waals surface area contributed by atoms with Crippen LogP contribution < -0.4 is 5.32 Å². The molecule has 1 N–H and O–H groups in total. The molecule has 7 nitrogen and oxygen atoms in total. The molecule has 0 bridgehead atoms. The average molecular weight is 420 g/mol. The van der Waals surface area contributed by atoms with Gasteiger partial charge in [-0.1, -0.05) is 41.0 Å². The Morgan fingerprint density at radius 2 is 1.86 bits per heavy atom. The number of carbonyl (C=O) groups excluding carboxylic acids is 1. The van der Waals surface area contributed by atoms with Crippen molar-refractivity contribution in [1.29, 1.82) is 0 Å². The number of sulfonamides is 1. The second-order valence-electron chi connectivity index (χ2n) is 6.21. The van der Waals surface area contributed by atoms with Crippen LogP contribution in [-0.2, 0) is 10.0 Å². The zero-order valence-electron chi connectivity index (χ0n) is 15.4. The summed E-state index contributed by atoms with van der Waals surface area (Å²) in [5.74, 6) is -0.155. The molecule has 0 atom stereocenters. The van der Waals surface area contributed by atoms with Gasteiger partial charge in [-0.2, -0.15) is 0 Å². The molecule has 2 aromatic carbocycles. The summed E-state index contributed by atoms with van der Waals surface area (Å²) in [6, 6.07) is 13.0. The number of rotatable bonds is 5. The van der Waals surface area contributed by atoms with Crippen molar-refractivity contribution < 1.29 is 17.7 Å². The zero-order valence-corrected chi connectivity index (χ0v) is 17.0. The number of aromatic nitrogens is 1. The summed E-state index contributed by atoms with van der Waals surface area (Å²) in [5, 5.41) is 7.10. The number of carbonyl (C=O) groups is 1. The van der Waals surface area contributed by atoms with E-state index in [1.165, 1.54) is 26.2 Å². The SMILES string of the molecule is Cc1onc(-c2ccccc2Cl)c1C(=O)Nc1cccc(S(=O)(=O)N(C)C)c1. The van der Waals surface area contributed by atoms with Gasteiger partial charge in [-0.15, -0.1) is 0 Å². The van der Waals surface area contributed by atoms with Gasteiger partial charge in [0.05, 0.1) is 9.92 Å². The van der Waals surface area contributed by atoms with E-state index in [2.05, 4.69) is 10.5 Å². The molecule has 0 aliphatic rings. The Morgan fingerprint density at radius 1 is 1.14 bits per heavy atom. The third-order valence-electron chi connectivity index (χ3n) is 4.09. The molecule has 3 rings (SSSR count). The van der Waals surface area contributed by atoms with Gasteiger partial charge in [-0.25, -0.2) is 12.7 Å². The molecule has 0 radical (unpaired) electrons. The molecule has 146 valence electrons. The molecule has 1 aromatic heterocycles. The van der Waals surface area contributed by atoms with Gasteiger partial charge < -0.3 is 9.84 Å². The summed E-state index contributed by atoms with van der Waals surface area (Å²) in [6.45, 7) is 1.62. The Morgan fingerprint density at radius 3 is 2.54 bits per heavy atom. The van der Waals surface area contributed by atoms with E-state index in [9.17, 15) is 13.2 Å². The first-order valence-corrected chi connectivity index (χ1v) is 10.1. The molecule has 0 saturated carbocycles. The monoisotopic (exact) mass is 419 g/mol. The van der Waals surface area contributed by atoms with E-state index >= 15 is 0 Å².